The quantitative estimate of drug-likeness (QED) is 0.850. The Hall–Kier alpha value is -2.35. The van der Waals surface area contributed by atoms with E-state index in [0.717, 1.165) is 11.3 Å². The molecule has 0 aliphatic carbocycles. The standard InChI is InChI=1S/C17H16N2/c1-13(14-7-3-2-4-8-14)17-11-15-9-5-6-10-16(15)18-12-19-17/h2-13H,1H3,(H,18,19). The van der Waals surface area contributed by atoms with E-state index in [4.69, 9.17) is 0 Å². The third kappa shape index (κ3) is 2.43. The van der Waals surface area contributed by atoms with Crippen molar-refractivity contribution in [1.82, 2.24) is 5.32 Å². The molecule has 2 aromatic carbocycles. The number of hydrogen-bond donors (Lipinski definition) is 1. The Morgan fingerprint density at radius 1 is 0.947 bits per heavy atom. The molecule has 0 radical (unpaired) electrons. The van der Waals surface area contributed by atoms with Gasteiger partial charge in [0.15, 0.2) is 0 Å². The number of rotatable bonds is 2. The highest BCUT2D eigenvalue weighted by Crippen LogP contribution is 2.28. The molecule has 0 saturated carbocycles. The number of para-hydroxylation sites is 1. The maximum Gasteiger partial charge on any atom is 0.0928 e. The van der Waals surface area contributed by atoms with Crippen LogP contribution in [0.2, 0.25) is 0 Å². The molecule has 1 heterocycles. The van der Waals surface area contributed by atoms with E-state index in [1.165, 1.54) is 11.3 Å². The van der Waals surface area contributed by atoms with Crippen LogP contribution in [0.4, 0.5) is 5.69 Å². The van der Waals surface area contributed by atoms with Crippen LogP contribution in [0.5, 0.6) is 0 Å². The average molecular weight is 248 g/mol. The number of benzene rings is 2. The Kier molecular flexibility index (Phi) is 3.15. The minimum atomic E-state index is 0.318. The Bertz CT molecular complexity index is 627. The first-order chi connectivity index (χ1) is 9.34. The molecule has 1 aliphatic heterocycles. The Morgan fingerprint density at radius 3 is 2.53 bits per heavy atom. The lowest BCUT2D eigenvalue weighted by molar-refractivity contribution is 0.849. The normalized spacial score (nSPS) is 14.9. The fourth-order valence-electron chi connectivity index (χ4n) is 2.28. The lowest BCUT2D eigenvalue weighted by Crippen LogP contribution is -2.15. The lowest BCUT2D eigenvalue weighted by atomic mass is 9.96. The van der Waals surface area contributed by atoms with Gasteiger partial charge in [-0.05, 0) is 17.7 Å². The van der Waals surface area contributed by atoms with Crippen LogP contribution in [0.3, 0.4) is 0 Å². The largest absolute Gasteiger partial charge is 0.349 e. The Labute approximate surface area is 113 Å². The molecule has 3 rings (SSSR count). The van der Waals surface area contributed by atoms with Crippen LogP contribution in [0.25, 0.3) is 6.08 Å². The monoisotopic (exact) mass is 248 g/mol. The van der Waals surface area contributed by atoms with Gasteiger partial charge in [-0.1, -0.05) is 55.5 Å². The number of nitrogens with one attached hydrogen (secondary N) is 1. The van der Waals surface area contributed by atoms with Crippen LogP contribution < -0.4 is 5.32 Å². The van der Waals surface area contributed by atoms with Crippen LogP contribution in [0.1, 0.15) is 24.0 Å². The van der Waals surface area contributed by atoms with Crippen molar-refractivity contribution in [1.29, 1.82) is 0 Å². The molecule has 94 valence electrons. The predicted octanol–water partition coefficient (Wildman–Crippen LogP) is 4.09. The Balaban J connectivity index is 1.98. The van der Waals surface area contributed by atoms with Crippen molar-refractivity contribution >= 4 is 18.1 Å². The van der Waals surface area contributed by atoms with Gasteiger partial charge in [-0.3, -0.25) is 0 Å². The number of allylic oxidation sites excluding steroid dienone is 1. The SMILES string of the molecule is CC(C1=Cc2ccccc2N=CN1)c1ccccc1. The highest BCUT2D eigenvalue weighted by molar-refractivity contribution is 5.76. The number of nitrogens with zero attached hydrogens (tertiary/aromatic N) is 1. The summed E-state index contributed by atoms with van der Waals surface area (Å²) in [7, 11) is 0. The highest BCUT2D eigenvalue weighted by Gasteiger charge is 2.12. The van der Waals surface area contributed by atoms with Crippen molar-refractivity contribution in [3.8, 4) is 0 Å². The minimum absolute atomic E-state index is 0.318. The third-order valence-electron chi connectivity index (χ3n) is 3.45. The molecule has 1 aliphatic rings. The molecule has 19 heavy (non-hydrogen) atoms. The van der Waals surface area contributed by atoms with Crippen molar-refractivity contribution < 1.29 is 0 Å². The summed E-state index contributed by atoms with van der Waals surface area (Å²) in [4.78, 5) is 4.42. The van der Waals surface area contributed by atoms with Gasteiger partial charge in [0, 0.05) is 17.2 Å². The molecular weight excluding hydrogens is 232 g/mol. The zero-order chi connectivity index (χ0) is 13.1. The van der Waals surface area contributed by atoms with Gasteiger partial charge in [0.05, 0.1) is 12.0 Å². The van der Waals surface area contributed by atoms with E-state index in [9.17, 15) is 0 Å². The molecule has 2 nitrogen and oxygen atoms in total. The summed E-state index contributed by atoms with van der Waals surface area (Å²) >= 11 is 0. The van der Waals surface area contributed by atoms with Crippen molar-refractivity contribution in [3.05, 3.63) is 71.4 Å². The summed E-state index contributed by atoms with van der Waals surface area (Å²) in [5.74, 6) is 0.318. The van der Waals surface area contributed by atoms with Gasteiger partial charge >= 0.3 is 0 Å². The van der Waals surface area contributed by atoms with Crippen molar-refractivity contribution in [2.45, 2.75) is 12.8 Å². The topological polar surface area (TPSA) is 24.4 Å². The van der Waals surface area contributed by atoms with Crippen LogP contribution in [-0.4, -0.2) is 6.34 Å². The van der Waals surface area contributed by atoms with Crippen LogP contribution in [-0.2, 0) is 0 Å². The summed E-state index contributed by atoms with van der Waals surface area (Å²) < 4.78 is 0. The molecule has 0 fully saturated rings. The molecule has 0 spiro atoms. The summed E-state index contributed by atoms with van der Waals surface area (Å²) in [6, 6.07) is 18.7. The average Bonchev–Trinajstić information content (AvgIpc) is 2.69. The number of fused-ring (bicyclic) bond motifs is 1. The Morgan fingerprint density at radius 2 is 1.68 bits per heavy atom. The zero-order valence-corrected chi connectivity index (χ0v) is 10.9. The summed E-state index contributed by atoms with van der Waals surface area (Å²) in [5, 5.41) is 3.30. The summed E-state index contributed by atoms with van der Waals surface area (Å²) in [6.45, 7) is 2.20. The molecule has 0 aromatic heterocycles. The molecule has 0 saturated heterocycles. The summed E-state index contributed by atoms with van der Waals surface area (Å²) in [5.41, 5.74) is 4.63. The fraction of sp³-hybridized carbons (Fsp3) is 0.118. The number of aliphatic imine (C=N–C) groups is 1. The maximum absolute atomic E-state index is 4.42. The first-order valence-corrected chi connectivity index (χ1v) is 6.49. The second-order valence-electron chi connectivity index (χ2n) is 4.69. The van der Waals surface area contributed by atoms with Gasteiger partial charge in [0.25, 0.3) is 0 Å². The van der Waals surface area contributed by atoms with Crippen LogP contribution in [0.15, 0.2) is 65.3 Å². The van der Waals surface area contributed by atoms with E-state index in [2.05, 4.69) is 53.6 Å². The van der Waals surface area contributed by atoms with Gasteiger partial charge in [-0.2, -0.15) is 0 Å². The zero-order valence-electron chi connectivity index (χ0n) is 10.9. The van der Waals surface area contributed by atoms with Gasteiger partial charge in [0.2, 0.25) is 0 Å². The summed E-state index contributed by atoms with van der Waals surface area (Å²) in [6.07, 6.45) is 3.96. The molecule has 1 N–H and O–H groups in total. The maximum atomic E-state index is 4.42. The predicted molar refractivity (Wildman–Crippen MR) is 80.6 cm³/mol. The van der Waals surface area contributed by atoms with Crippen LogP contribution >= 0.6 is 0 Å². The first kappa shape index (κ1) is 11.7. The van der Waals surface area contributed by atoms with E-state index in [-0.39, 0.29) is 0 Å². The van der Waals surface area contributed by atoms with Gasteiger partial charge < -0.3 is 5.32 Å². The number of hydrogen-bond acceptors (Lipinski definition) is 2. The van der Waals surface area contributed by atoms with Crippen molar-refractivity contribution in [2.24, 2.45) is 4.99 Å². The van der Waals surface area contributed by atoms with Gasteiger partial charge in [0.1, 0.15) is 0 Å². The van der Waals surface area contributed by atoms with Crippen LogP contribution in [0, 0.1) is 0 Å². The molecule has 2 heteroatoms. The van der Waals surface area contributed by atoms with Gasteiger partial charge in [-0.15, -0.1) is 0 Å². The molecular formula is C17H16N2. The van der Waals surface area contributed by atoms with E-state index in [1.54, 1.807) is 6.34 Å². The second-order valence-corrected chi connectivity index (χ2v) is 4.69. The van der Waals surface area contributed by atoms with Gasteiger partial charge in [-0.25, -0.2) is 4.99 Å². The molecule has 0 amide bonds. The van der Waals surface area contributed by atoms with E-state index >= 15 is 0 Å². The third-order valence-corrected chi connectivity index (χ3v) is 3.45. The van der Waals surface area contributed by atoms with E-state index in [0.29, 0.717) is 5.92 Å². The molecule has 2 aromatic rings. The van der Waals surface area contributed by atoms with Crippen molar-refractivity contribution in [3.63, 3.8) is 0 Å². The molecule has 1 unspecified atom stereocenters. The molecule has 1 atom stereocenters. The molecule has 0 bridgehead atoms. The van der Waals surface area contributed by atoms with E-state index < -0.39 is 0 Å². The van der Waals surface area contributed by atoms with E-state index in [1.807, 2.05) is 24.3 Å². The minimum Gasteiger partial charge on any atom is -0.349 e. The van der Waals surface area contributed by atoms with Crippen molar-refractivity contribution in [2.75, 3.05) is 0 Å². The lowest BCUT2D eigenvalue weighted by Gasteiger charge is -2.15. The highest BCUT2D eigenvalue weighted by atomic mass is 15.0. The second kappa shape index (κ2) is 5.11. The smallest absolute Gasteiger partial charge is 0.0928 e. The fourth-order valence-corrected chi connectivity index (χ4v) is 2.28. The first-order valence-electron chi connectivity index (χ1n) is 6.49.